The lowest BCUT2D eigenvalue weighted by molar-refractivity contribution is 0.0690. The van der Waals surface area contributed by atoms with Crippen molar-refractivity contribution in [2.24, 2.45) is 0 Å². The first-order chi connectivity index (χ1) is 11.0. The minimum absolute atomic E-state index is 0.0532. The maximum Gasteiger partial charge on any atom is 0.356 e. The van der Waals surface area contributed by atoms with Gasteiger partial charge in [0.2, 0.25) is 0 Å². The number of carboxylic acids is 1. The molecule has 3 rings (SSSR count). The predicted molar refractivity (Wildman–Crippen MR) is 85.4 cm³/mol. The highest BCUT2D eigenvalue weighted by Gasteiger charge is 2.16. The average Bonchev–Trinajstić information content (AvgIpc) is 2.96. The molecule has 116 valence electrons. The zero-order valence-corrected chi connectivity index (χ0v) is 12.7. The molecule has 0 radical (unpaired) electrons. The number of hydrogen-bond acceptors (Lipinski definition) is 2. The fourth-order valence-electron chi connectivity index (χ4n) is 2.37. The van der Waals surface area contributed by atoms with Gasteiger partial charge in [0.1, 0.15) is 5.82 Å². The summed E-state index contributed by atoms with van der Waals surface area (Å²) < 4.78 is 14.7. The molecule has 0 saturated heterocycles. The molecule has 0 bridgehead atoms. The van der Waals surface area contributed by atoms with Crippen LogP contribution in [0, 0.1) is 19.7 Å². The molecule has 0 spiro atoms. The quantitative estimate of drug-likeness (QED) is 0.795. The van der Waals surface area contributed by atoms with Gasteiger partial charge in [0.05, 0.1) is 11.4 Å². The normalized spacial score (nSPS) is 10.7. The Labute approximate surface area is 132 Å². The second kappa shape index (κ2) is 5.68. The van der Waals surface area contributed by atoms with E-state index >= 15 is 0 Å². The van der Waals surface area contributed by atoms with Gasteiger partial charge in [0.15, 0.2) is 5.69 Å². The Morgan fingerprint density at radius 1 is 1.04 bits per heavy atom. The molecule has 1 heterocycles. The van der Waals surface area contributed by atoms with Crippen molar-refractivity contribution in [3.05, 3.63) is 71.2 Å². The van der Waals surface area contributed by atoms with E-state index < -0.39 is 5.97 Å². The van der Waals surface area contributed by atoms with E-state index in [1.807, 2.05) is 32.0 Å². The number of rotatable bonds is 3. The van der Waals surface area contributed by atoms with Crippen molar-refractivity contribution in [1.82, 2.24) is 9.78 Å². The standard InChI is InChI=1S/C18H15FN2O2/c1-11-3-8-15(9-12(11)2)21-17(10-16(20-21)18(22)23)13-4-6-14(19)7-5-13/h3-10H,1-2H3,(H,22,23). The van der Waals surface area contributed by atoms with Crippen molar-refractivity contribution in [1.29, 1.82) is 0 Å². The first-order valence-corrected chi connectivity index (χ1v) is 7.12. The second-order valence-electron chi connectivity index (χ2n) is 5.41. The van der Waals surface area contributed by atoms with Crippen LogP contribution in [0.2, 0.25) is 0 Å². The third-order valence-electron chi connectivity index (χ3n) is 3.80. The van der Waals surface area contributed by atoms with Crippen molar-refractivity contribution in [2.45, 2.75) is 13.8 Å². The second-order valence-corrected chi connectivity index (χ2v) is 5.41. The summed E-state index contributed by atoms with van der Waals surface area (Å²) >= 11 is 0. The molecule has 0 unspecified atom stereocenters. The summed E-state index contributed by atoms with van der Waals surface area (Å²) in [6, 6.07) is 13.2. The fraction of sp³-hybridized carbons (Fsp3) is 0.111. The minimum atomic E-state index is -1.10. The highest BCUT2D eigenvalue weighted by molar-refractivity contribution is 5.87. The summed E-state index contributed by atoms with van der Waals surface area (Å²) in [7, 11) is 0. The van der Waals surface area contributed by atoms with Crippen molar-refractivity contribution < 1.29 is 14.3 Å². The van der Waals surface area contributed by atoms with Gasteiger partial charge in [-0.3, -0.25) is 0 Å². The molecule has 23 heavy (non-hydrogen) atoms. The Morgan fingerprint density at radius 3 is 2.35 bits per heavy atom. The van der Waals surface area contributed by atoms with Gasteiger partial charge in [-0.2, -0.15) is 5.10 Å². The minimum Gasteiger partial charge on any atom is -0.476 e. The Kier molecular flexibility index (Phi) is 3.70. The molecule has 0 fully saturated rings. The van der Waals surface area contributed by atoms with Crippen molar-refractivity contribution in [3.63, 3.8) is 0 Å². The van der Waals surface area contributed by atoms with Gasteiger partial charge >= 0.3 is 5.97 Å². The predicted octanol–water partition coefficient (Wildman–Crippen LogP) is 3.99. The summed E-state index contributed by atoms with van der Waals surface area (Å²) in [6.45, 7) is 3.99. The Balaban J connectivity index is 2.20. The van der Waals surface area contributed by atoms with Crippen LogP contribution in [0.3, 0.4) is 0 Å². The summed E-state index contributed by atoms with van der Waals surface area (Å²) in [5.41, 5.74) is 4.24. The number of aryl methyl sites for hydroxylation is 2. The third kappa shape index (κ3) is 2.85. The van der Waals surface area contributed by atoms with E-state index in [1.54, 1.807) is 16.8 Å². The number of halogens is 1. The Hall–Kier alpha value is -2.95. The smallest absolute Gasteiger partial charge is 0.356 e. The number of carbonyl (C=O) groups is 1. The summed E-state index contributed by atoms with van der Waals surface area (Å²) in [4.78, 5) is 11.3. The number of hydrogen-bond donors (Lipinski definition) is 1. The zero-order valence-electron chi connectivity index (χ0n) is 12.7. The number of nitrogens with zero attached hydrogens (tertiary/aromatic N) is 2. The van der Waals surface area contributed by atoms with Crippen LogP contribution in [0.15, 0.2) is 48.5 Å². The van der Waals surface area contributed by atoms with Crippen LogP contribution >= 0.6 is 0 Å². The van der Waals surface area contributed by atoms with E-state index in [0.29, 0.717) is 11.3 Å². The lowest BCUT2D eigenvalue weighted by Gasteiger charge is -2.09. The highest BCUT2D eigenvalue weighted by Crippen LogP contribution is 2.25. The third-order valence-corrected chi connectivity index (χ3v) is 3.80. The van der Waals surface area contributed by atoms with E-state index in [9.17, 15) is 14.3 Å². The molecule has 3 aromatic rings. The van der Waals surface area contributed by atoms with Crippen molar-refractivity contribution >= 4 is 5.97 Å². The highest BCUT2D eigenvalue weighted by atomic mass is 19.1. The van der Waals surface area contributed by atoms with E-state index in [4.69, 9.17) is 0 Å². The molecule has 1 N–H and O–H groups in total. The van der Waals surface area contributed by atoms with Gasteiger partial charge in [-0.25, -0.2) is 13.9 Å². The maximum atomic E-state index is 13.1. The molecule has 0 atom stereocenters. The van der Waals surface area contributed by atoms with Crippen molar-refractivity contribution in [3.8, 4) is 16.9 Å². The number of aromatic nitrogens is 2. The molecule has 4 nitrogen and oxygen atoms in total. The van der Waals surface area contributed by atoms with E-state index in [1.165, 1.54) is 18.2 Å². The molecule has 0 amide bonds. The van der Waals surface area contributed by atoms with Crippen LogP contribution in [0.5, 0.6) is 0 Å². The molecule has 0 aliphatic carbocycles. The van der Waals surface area contributed by atoms with Gasteiger partial charge in [0, 0.05) is 5.56 Å². The van der Waals surface area contributed by atoms with Gasteiger partial charge < -0.3 is 5.11 Å². The Bertz CT molecular complexity index is 883. The lowest BCUT2D eigenvalue weighted by Crippen LogP contribution is -2.03. The van der Waals surface area contributed by atoms with Crippen LogP contribution in [-0.4, -0.2) is 20.9 Å². The van der Waals surface area contributed by atoms with E-state index in [0.717, 1.165) is 16.8 Å². The Morgan fingerprint density at radius 2 is 1.74 bits per heavy atom. The first kappa shape index (κ1) is 15.0. The molecule has 0 saturated carbocycles. The molecule has 1 aromatic heterocycles. The topological polar surface area (TPSA) is 55.1 Å². The fourth-order valence-corrected chi connectivity index (χ4v) is 2.37. The largest absolute Gasteiger partial charge is 0.476 e. The van der Waals surface area contributed by atoms with Crippen LogP contribution in [0.4, 0.5) is 4.39 Å². The van der Waals surface area contributed by atoms with Crippen molar-refractivity contribution in [2.75, 3.05) is 0 Å². The lowest BCUT2D eigenvalue weighted by atomic mass is 10.1. The monoisotopic (exact) mass is 310 g/mol. The van der Waals surface area contributed by atoms with Gasteiger partial charge in [-0.15, -0.1) is 0 Å². The van der Waals surface area contributed by atoms with Crippen LogP contribution < -0.4 is 0 Å². The van der Waals surface area contributed by atoms with Gasteiger partial charge in [-0.1, -0.05) is 6.07 Å². The number of benzene rings is 2. The average molecular weight is 310 g/mol. The van der Waals surface area contributed by atoms with Gasteiger partial charge in [-0.05, 0) is 67.4 Å². The molecule has 2 aromatic carbocycles. The summed E-state index contributed by atoms with van der Waals surface area (Å²) in [5.74, 6) is -1.44. The van der Waals surface area contributed by atoms with Gasteiger partial charge in [0.25, 0.3) is 0 Å². The van der Waals surface area contributed by atoms with Crippen LogP contribution in [0.25, 0.3) is 16.9 Å². The first-order valence-electron chi connectivity index (χ1n) is 7.12. The zero-order chi connectivity index (χ0) is 16.6. The van der Waals surface area contributed by atoms with Crippen LogP contribution in [-0.2, 0) is 0 Å². The van der Waals surface area contributed by atoms with E-state index in [-0.39, 0.29) is 11.5 Å². The summed E-state index contributed by atoms with van der Waals surface area (Å²) in [6.07, 6.45) is 0. The molecular weight excluding hydrogens is 295 g/mol. The molecule has 0 aliphatic rings. The summed E-state index contributed by atoms with van der Waals surface area (Å²) in [5, 5.41) is 13.4. The number of carboxylic acid groups (broad SMARTS) is 1. The number of aromatic carboxylic acids is 1. The maximum absolute atomic E-state index is 13.1. The molecule has 0 aliphatic heterocycles. The van der Waals surface area contributed by atoms with E-state index in [2.05, 4.69) is 5.10 Å². The SMILES string of the molecule is Cc1ccc(-n2nc(C(=O)O)cc2-c2ccc(F)cc2)cc1C. The molecule has 5 heteroatoms. The molecular formula is C18H15FN2O2. The van der Waals surface area contributed by atoms with Crippen LogP contribution in [0.1, 0.15) is 21.6 Å².